The molecule has 0 saturated carbocycles. The Balaban J connectivity index is 0.000000278. The number of nitro benzene ring substituents is 2. The van der Waals surface area contributed by atoms with E-state index >= 15 is 0 Å². The van der Waals surface area contributed by atoms with E-state index in [0.717, 1.165) is 55.6 Å². The summed E-state index contributed by atoms with van der Waals surface area (Å²) >= 11 is 30.8. The number of nitro groups is 2. The molecule has 0 aliphatic carbocycles. The van der Waals surface area contributed by atoms with E-state index in [1.54, 1.807) is 49.4 Å². The molecule has 7 aromatic rings. The van der Waals surface area contributed by atoms with Gasteiger partial charge in [0.2, 0.25) is 11.8 Å². The number of rotatable bonds is 21. The number of benzene rings is 7. The van der Waals surface area contributed by atoms with Crippen molar-refractivity contribution in [3.8, 4) is 5.75 Å². The number of nitrogens with zero attached hydrogens (tertiary/aromatic N) is 3. The molecule has 1 atom stereocenters. The Hall–Kier alpha value is -7.59. The van der Waals surface area contributed by atoms with Gasteiger partial charge >= 0.3 is 12.1 Å². The second kappa shape index (κ2) is 41.8. The Bertz CT molecular complexity index is 4800. The van der Waals surface area contributed by atoms with Crippen molar-refractivity contribution in [1.82, 2.24) is 15.5 Å². The van der Waals surface area contributed by atoms with Crippen LogP contribution in [0.15, 0.2) is 109 Å². The fourth-order valence-electron chi connectivity index (χ4n) is 10.5. The lowest BCUT2D eigenvalue weighted by Gasteiger charge is -2.36. The number of urea groups is 1. The Morgan fingerprint density at radius 3 is 1.32 bits per heavy atom. The van der Waals surface area contributed by atoms with E-state index in [9.17, 15) is 44.2 Å². The van der Waals surface area contributed by atoms with Crippen LogP contribution in [-0.2, 0) is 73.4 Å². The first-order chi connectivity index (χ1) is 54.2. The Morgan fingerprint density at radius 1 is 0.534 bits per heavy atom. The number of para-hydroxylation sites is 1. The van der Waals surface area contributed by atoms with E-state index in [2.05, 4.69) is 157 Å². The molecule has 1 unspecified atom stereocenters. The van der Waals surface area contributed by atoms with E-state index < -0.39 is 67.2 Å². The van der Waals surface area contributed by atoms with Gasteiger partial charge in [-0.3, -0.25) is 45.2 Å². The summed E-state index contributed by atoms with van der Waals surface area (Å²) in [5, 5.41) is 43.9. The Kier molecular flexibility index (Phi) is 35.8. The van der Waals surface area contributed by atoms with Gasteiger partial charge in [-0.2, -0.15) is 0 Å². The molecule has 0 radical (unpaired) electrons. The van der Waals surface area contributed by atoms with Crippen molar-refractivity contribution in [3.63, 3.8) is 0 Å². The van der Waals surface area contributed by atoms with Crippen LogP contribution in [0.25, 0.3) is 0 Å². The average Bonchev–Trinajstić information content (AvgIpc) is 1.65. The highest BCUT2D eigenvalue weighted by Gasteiger charge is 2.42. The van der Waals surface area contributed by atoms with Crippen molar-refractivity contribution in [1.29, 1.82) is 0 Å². The van der Waals surface area contributed by atoms with Gasteiger partial charge in [0.1, 0.15) is 11.8 Å². The number of carbonyl (C=O) groups is 5. The molecular formula is C86H119Cl5N8O15Si4. The zero-order valence-electron chi connectivity index (χ0n) is 72.8. The van der Waals surface area contributed by atoms with E-state index in [4.69, 9.17) is 91.3 Å². The van der Waals surface area contributed by atoms with E-state index in [-0.39, 0.29) is 62.9 Å². The number of amides is 6. The van der Waals surface area contributed by atoms with Crippen molar-refractivity contribution >= 4 is 150 Å². The normalized spacial score (nSPS) is 13.9. The number of imide groups is 1. The van der Waals surface area contributed by atoms with Crippen molar-refractivity contribution in [2.45, 2.75) is 255 Å². The molecule has 2 heterocycles. The molecule has 9 rings (SSSR count). The van der Waals surface area contributed by atoms with Crippen LogP contribution in [-0.4, -0.2) is 89.0 Å². The number of halogens is 5. The third-order valence-corrected chi connectivity index (χ3v) is 42.8. The number of carbonyl (C=O) groups excluding carboxylic acids is 5. The summed E-state index contributed by atoms with van der Waals surface area (Å²) in [4.78, 5) is 83.5. The first-order valence-corrected chi connectivity index (χ1v) is 52.2. The molecule has 0 aromatic heterocycles. The maximum Gasteiger partial charge on any atom is 0.417 e. The predicted octanol–water partition coefficient (Wildman–Crippen LogP) is 23.9. The minimum Gasteiger partial charge on any atom is -0.413 e. The third-order valence-electron chi connectivity index (χ3n) is 22.9. The lowest BCUT2D eigenvalue weighted by Crippen LogP contribution is -2.52. The van der Waals surface area contributed by atoms with Crippen molar-refractivity contribution < 1.29 is 61.4 Å². The summed E-state index contributed by atoms with van der Waals surface area (Å²) in [5.74, 6) is -0.533. The van der Waals surface area contributed by atoms with Crippen LogP contribution in [0.2, 0.25) is 97.6 Å². The number of hydrogen-bond donors (Lipinski definition) is 6. The maximum atomic E-state index is 13.1. The number of fused-ring (bicyclic) bond motifs is 1. The number of nitrogens with one attached hydrogen (secondary N) is 4. The fourth-order valence-corrected chi connectivity index (χ4v) is 15.5. The minimum atomic E-state index is -1.96. The van der Waals surface area contributed by atoms with E-state index in [1.165, 1.54) is 23.1 Å². The quantitative estimate of drug-likeness (QED) is 0.0128. The summed E-state index contributed by atoms with van der Waals surface area (Å²) in [6, 6.07) is 29.7. The molecule has 644 valence electrons. The first kappa shape index (κ1) is 101. The molecular weight excluding hydrogens is 1670 g/mol. The van der Waals surface area contributed by atoms with Crippen molar-refractivity contribution in [2.75, 3.05) is 16.4 Å². The lowest BCUT2D eigenvalue weighted by atomic mass is 10.0. The van der Waals surface area contributed by atoms with Crippen LogP contribution in [0.1, 0.15) is 173 Å². The number of nitrogens with two attached hydrogens (primary N) is 1. The van der Waals surface area contributed by atoms with E-state index in [1.807, 2.05) is 76.2 Å². The summed E-state index contributed by atoms with van der Waals surface area (Å²) in [6.45, 7) is 55.5. The molecule has 0 spiro atoms. The Labute approximate surface area is 725 Å². The van der Waals surface area contributed by atoms with E-state index in [0.29, 0.717) is 104 Å². The summed E-state index contributed by atoms with van der Waals surface area (Å²) in [5.41, 5.74) is 18.3. The smallest absolute Gasteiger partial charge is 0.413 e. The summed E-state index contributed by atoms with van der Waals surface area (Å²) in [6.07, 6.45) is -0.0398. The largest absolute Gasteiger partial charge is 0.417 e. The molecule has 1 fully saturated rings. The molecule has 2 aliphatic rings. The zero-order chi connectivity index (χ0) is 89.5. The van der Waals surface area contributed by atoms with Crippen molar-refractivity contribution in [2.24, 2.45) is 0 Å². The van der Waals surface area contributed by atoms with Gasteiger partial charge in [0, 0.05) is 81.5 Å². The van der Waals surface area contributed by atoms with Gasteiger partial charge in [0.25, 0.3) is 17.3 Å². The molecule has 6 amide bonds. The van der Waals surface area contributed by atoms with Crippen LogP contribution in [0.5, 0.6) is 5.75 Å². The van der Waals surface area contributed by atoms with Gasteiger partial charge in [-0.25, -0.2) is 9.59 Å². The number of hydrogen-bond acceptors (Lipinski definition) is 16. The highest BCUT2D eigenvalue weighted by atomic mass is 35.5. The second-order valence-corrected chi connectivity index (χ2v) is 56.9. The second-order valence-electron chi connectivity index (χ2n) is 35.6. The molecule has 23 nitrogen and oxygen atoms in total. The van der Waals surface area contributed by atoms with Gasteiger partial charge in [-0.1, -0.05) is 171 Å². The van der Waals surface area contributed by atoms with Gasteiger partial charge in [0.05, 0.1) is 52.9 Å². The third kappa shape index (κ3) is 28.5. The van der Waals surface area contributed by atoms with Crippen LogP contribution < -0.4 is 31.7 Å². The molecule has 32 heteroatoms. The number of anilines is 3. The van der Waals surface area contributed by atoms with Gasteiger partial charge in [0.15, 0.2) is 33.3 Å². The van der Waals surface area contributed by atoms with Crippen LogP contribution in [0, 0.1) is 54.8 Å². The topological polar surface area (TPSA) is 315 Å². The minimum absolute atomic E-state index is 0.00873. The zero-order valence-corrected chi connectivity index (χ0v) is 80.6. The first-order valence-electron chi connectivity index (χ1n) is 38.7. The van der Waals surface area contributed by atoms with Gasteiger partial charge in [-0.05, 0) is 235 Å². The molecule has 1 saturated heterocycles. The lowest BCUT2D eigenvalue weighted by molar-refractivity contribution is -0.385. The number of piperidine rings is 1. The number of aliphatic hydroxyl groups excluding tert-OH is 1. The van der Waals surface area contributed by atoms with Crippen LogP contribution >= 0.6 is 58.0 Å². The van der Waals surface area contributed by atoms with Crippen LogP contribution in [0.4, 0.5) is 38.0 Å². The predicted molar refractivity (Wildman–Crippen MR) is 487 cm³/mol. The number of non-ortho nitro benzene ring substituents is 2. The van der Waals surface area contributed by atoms with Crippen molar-refractivity contribution in [3.05, 3.63) is 227 Å². The van der Waals surface area contributed by atoms with Gasteiger partial charge < -0.3 is 48.8 Å². The highest BCUT2D eigenvalue weighted by Crippen LogP contribution is 2.43. The summed E-state index contributed by atoms with van der Waals surface area (Å²) < 4.78 is 30.2. The Morgan fingerprint density at radius 2 is 0.915 bits per heavy atom. The number of aliphatic hydroxyl groups is 1. The summed E-state index contributed by atoms with van der Waals surface area (Å²) in [7, 11) is -7.46. The highest BCUT2D eigenvalue weighted by molar-refractivity contribution is 6.75. The molecule has 7 N–H and O–H groups in total. The van der Waals surface area contributed by atoms with Crippen LogP contribution in [0.3, 0.4) is 0 Å². The standard InChI is InChI=1S/C29H37ClN4O5Si.C21H28ClNO3Si.C14H22ClNO3Si.C14H24ClNOSi.C8H8ClNO3/c1-17-20(16-39-40(5,6)29(2,3)4)12-21(13-23(17)30)32-28(38)31-14-18-7-8-19-15-34(27(37)22(19)11-18)24-9-10-25(35)33-26(24)36;1-15-16(14-25-27(5,6)21(2,3)4)12-17(13-19(15)22)23-20(24)26-18-10-8-7-9-11-18;1-10-11(7-12(16(17)18)8-13(10)15)9-19-20(5,6)14(2,3)4;1-10-11(7-12(16)8-13(10)15)9-17-18(5,6)14(2,3)4;1-5-6(4-11)2-7(10(12)13)3-8(5)9/h7-8,11-13,24H,9-10,14-16H2,1-6H3,(H2,31,32,38)(H,33,35,36);7-13H,14H2,1-6H3,(H,23,24);7-8H,9H2,1-6H3;7-8H,9,16H2,1-6H3;2-3,11H,4H2,1H3. The average molecular weight is 1790 g/mol. The number of ether oxygens (including phenoxy) is 1. The van der Waals surface area contributed by atoms with Gasteiger partial charge in [-0.15, -0.1) is 0 Å². The molecule has 118 heavy (non-hydrogen) atoms. The molecule has 2 aliphatic heterocycles. The molecule has 0 bridgehead atoms. The monoisotopic (exact) mass is 1790 g/mol. The maximum absolute atomic E-state index is 13.1. The SMILES string of the molecule is Cc1c(Cl)cc(N)cc1CO[Si](C)(C)C(C)(C)C.Cc1c(Cl)cc(NC(=O)NCc2ccc3c(c2)C(=O)N(C2CCC(=O)NC2=O)C3)cc1CO[Si](C)(C)C(C)(C)C.Cc1c(Cl)cc(NC(=O)Oc2ccccc2)cc1CO[Si](C)(C)C(C)(C)C.Cc1c(Cl)cc([N+](=O)[O-])cc1CO.Cc1c(Cl)cc([N+](=O)[O-])cc1CO[Si](C)(C)C(C)(C)C. The number of nitrogen functional groups attached to an aromatic ring is 1. The molecule has 7 aromatic carbocycles. The fraction of sp³-hybridized carbons (Fsp3) is 0.453.